The monoisotopic (exact) mass is 306 g/mol. The van der Waals surface area contributed by atoms with Crippen LogP contribution in [-0.4, -0.2) is 29.6 Å². The fourth-order valence-corrected chi connectivity index (χ4v) is 3.12. The molecule has 2 heterocycles. The Balaban J connectivity index is 2.13. The van der Waals surface area contributed by atoms with Crippen LogP contribution in [0.25, 0.3) is 10.2 Å². The fraction of sp³-hybridized carbons (Fsp3) is 0.500. The van der Waals surface area contributed by atoms with Crippen LogP contribution in [0.5, 0.6) is 0 Å². The zero-order valence-corrected chi connectivity index (χ0v) is 12.1. The summed E-state index contributed by atoms with van der Waals surface area (Å²) in [5.74, 6) is 0.521. The molecule has 0 unspecified atom stereocenters. The number of nitrogens with zero attached hydrogens (tertiary/aromatic N) is 2. The van der Waals surface area contributed by atoms with Gasteiger partial charge in [-0.1, -0.05) is 11.6 Å². The summed E-state index contributed by atoms with van der Waals surface area (Å²) in [6.07, 6.45) is -2.08. The number of ether oxygens (including phenoxy) is 1. The van der Waals surface area contributed by atoms with E-state index in [0.717, 1.165) is 20.7 Å². The van der Waals surface area contributed by atoms with Gasteiger partial charge >= 0.3 is 0 Å². The summed E-state index contributed by atoms with van der Waals surface area (Å²) in [6, 6.07) is 0. The molecule has 7 heteroatoms. The normalized spacial score (nSPS) is 11.7. The maximum absolute atomic E-state index is 11.9. The lowest BCUT2D eigenvalue weighted by Crippen LogP contribution is -2.08. The van der Waals surface area contributed by atoms with Gasteiger partial charge in [0.05, 0.1) is 12.0 Å². The van der Waals surface area contributed by atoms with Crippen LogP contribution in [0.15, 0.2) is 0 Å². The second-order valence-corrected chi connectivity index (χ2v) is 5.67. The quantitative estimate of drug-likeness (QED) is 0.623. The molecule has 0 saturated heterocycles. The van der Waals surface area contributed by atoms with Crippen molar-refractivity contribution in [3.8, 4) is 0 Å². The first-order chi connectivity index (χ1) is 8.99. The fourth-order valence-electron chi connectivity index (χ4n) is 1.69. The van der Waals surface area contributed by atoms with Crippen molar-refractivity contribution in [2.45, 2.75) is 26.7 Å². The first kappa shape index (κ1) is 14.6. The van der Waals surface area contributed by atoms with Gasteiger partial charge in [-0.25, -0.2) is 18.7 Å². The van der Waals surface area contributed by atoms with Crippen molar-refractivity contribution >= 4 is 33.2 Å². The predicted molar refractivity (Wildman–Crippen MR) is 72.4 cm³/mol. The molecule has 0 atom stereocenters. The average Bonchev–Trinajstić information content (AvgIpc) is 2.61. The summed E-state index contributed by atoms with van der Waals surface area (Å²) in [6.45, 7) is 3.58. The van der Waals surface area contributed by atoms with Gasteiger partial charge in [-0.3, -0.25) is 0 Å². The SMILES string of the molecule is Cc1sc2nc(CCOCC(F)F)nc(Cl)c2c1C. The van der Waals surface area contributed by atoms with Crippen molar-refractivity contribution in [3.05, 3.63) is 21.4 Å². The molecule has 0 radical (unpaired) electrons. The number of alkyl halides is 2. The third-order valence-electron chi connectivity index (χ3n) is 2.74. The lowest BCUT2D eigenvalue weighted by Gasteiger charge is -2.04. The molecule has 0 amide bonds. The zero-order valence-electron chi connectivity index (χ0n) is 10.5. The number of rotatable bonds is 5. The highest BCUT2D eigenvalue weighted by Gasteiger charge is 2.13. The van der Waals surface area contributed by atoms with Gasteiger partial charge in [-0.2, -0.15) is 0 Å². The summed E-state index contributed by atoms with van der Waals surface area (Å²) in [5, 5.41) is 1.29. The highest BCUT2D eigenvalue weighted by molar-refractivity contribution is 7.18. The predicted octanol–water partition coefficient (Wildman–Crippen LogP) is 3.79. The van der Waals surface area contributed by atoms with Gasteiger partial charge in [0, 0.05) is 11.3 Å². The van der Waals surface area contributed by atoms with Crippen LogP contribution in [0.2, 0.25) is 5.15 Å². The average molecular weight is 307 g/mol. The van der Waals surface area contributed by atoms with Crippen LogP contribution in [0, 0.1) is 13.8 Å². The van der Waals surface area contributed by atoms with Crippen LogP contribution >= 0.6 is 22.9 Å². The highest BCUT2D eigenvalue weighted by atomic mass is 35.5. The van der Waals surface area contributed by atoms with Crippen molar-refractivity contribution in [2.75, 3.05) is 13.2 Å². The molecule has 0 bridgehead atoms. The van der Waals surface area contributed by atoms with Gasteiger partial charge in [0.15, 0.2) is 0 Å². The Morgan fingerprint density at radius 1 is 1.32 bits per heavy atom. The van der Waals surface area contributed by atoms with E-state index >= 15 is 0 Å². The van der Waals surface area contributed by atoms with Gasteiger partial charge in [0.1, 0.15) is 22.4 Å². The molecule has 3 nitrogen and oxygen atoms in total. The summed E-state index contributed by atoms with van der Waals surface area (Å²) in [5.41, 5.74) is 1.09. The summed E-state index contributed by atoms with van der Waals surface area (Å²) in [7, 11) is 0. The molecule has 0 fully saturated rings. The van der Waals surface area contributed by atoms with Gasteiger partial charge in [0.2, 0.25) is 0 Å². The summed E-state index contributed by atoms with van der Waals surface area (Å²) < 4.78 is 28.6. The second kappa shape index (κ2) is 6.07. The molecule has 104 valence electrons. The van der Waals surface area contributed by atoms with E-state index in [0.29, 0.717) is 17.4 Å². The van der Waals surface area contributed by atoms with Gasteiger partial charge in [0.25, 0.3) is 6.43 Å². The lowest BCUT2D eigenvalue weighted by atomic mass is 10.2. The minimum absolute atomic E-state index is 0.162. The smallest absolute Gasteiger partial charge is 0.261 e. The topological polar surface area (TPSA) is 35.0 Å². The van der Waals surface area contributed by atoms with Gasteiger partial charge < -0.3 is 4.74 Å². The van der Waals surface area contributed by atoms with E-state index in [1.165, 1.54) is 0 Å². The van der Waals surface area contributed by atoms with Crippen molar-refractivity contribution in [2.24, 2.45) is 0 Å². The van der Waals surface area contributed by atoms with Crippen LogP contribution in [0.3, 0.4) is 0 Å². The van der Waals surface area contributed by atoms with E-state index in [2.05, 4.69) is 9.97 Å². The van der Waals surface area contributed by atoms with E-state index in [9.17, 15) is 8.78 Å². The minimum atomic E-state index is -2.45. The number of aromatic nitrogens is 2. The Bertz CT molecular complexity index is 589. The molecule has 0 aliphatic carbocycles. The number of thiophene rings is 1. The second-order valence-electron chi connectivity index (χ2n) is 4.11. The van der Waals surface area contributed by atoms with Gasteiger partial charge in [-0.05, 0) is 19.4 Å². The Labute approximate surface area is 118 Å². The maximum atomic E-state index is 11.9. The van der Waals surface area contributed by atoms with Crippen molar-refractivity contribution in [3.63, 3.8) is 0 Å². The van der Waals surface area contributed by atoms with Crippen LogP contribution < -0.4 is 0 Å². The van der Waals surface area contributed by atoms with E-state index < -0.39 is 13.0 Å². The highest BCUT2D eigenvalue weighted by Crippen LogP contribution is 2.32. The molecular weight excluding hydrogens is 294 g/mol. The molecule has 0 aliphatic rings. The summed E-state index contributed by atoms with van der Waals surface area (Å²) >= 11 is 7.69. The zero-order chi connectivity index (χ0) is 14.0. The molecule has 2 aromatic rings. The number of halogens is 3. The van der Waals surface area contributed by atoms with Crippen LogP contribution in [0.4, 0.5) is 8.78 Å². The van der Waals surface area contributed by atoms with E-state index in [1.54, 1.807) is 11.3 Å². The Hall–Kier alpha value is -0.850. The minimum Gasteiger partial charge on any atom is -0.375 e. The number of fused-ring (bicyclic) bond motifs is 1. The largest absolute Gasteiger partial charge is 0.375 e. The standard InChI is InChI=1S/C12H13ClF2N2OS/c1-6-7(2)19-12-10(6)11(13)16-9(17-12)3-4-18-5-8(14)15/h8H,3-5H2,1-2H3. The number of hydrogen-bond acceptors (Lipinski definition) is 4. The molecule has 0 saturated carbocycles. The van der Waals surface area contributed by atoms with E-state index in [1.807, 2.05) is 13.8 Å². The van der Waals surface area contributed by atoms with Crippen LogP contribution in [0.1, 0.15) is 16.3 Å². The molecule has 0 spiro atoms. The molecule has 19 heavy (non-hydrogen) atoms. The van der Waals surface area contributed by atoms with Crippen molar-refractivity contribution in [1.29, 1.82) is 0 Å². The van der Waals surface area contributed by atoms with Gasteiger partial charge in [-0.15, -0.1) is 11.3 Å². The first-order valence-electron chi connectivity index (χ1n) is 5.77. The van der Waals surface area contributed by atoms with E-state index in [4.69, 9.17) is 16.3 Å². The van der Waals surface area contributed by atoms with Crippen molar-refractivity contribution in [1.82, 2.24) is 9.97 Å². The number of aryl methyl sites for hydroxylation is 2. The molecule has 2 rings (SSSR count). The third-order valence-corrected chi connectivity index (χ3v) is 4.12. The molecule has 0 aromatic carbocycles. The molecular formula is C12H13ClF2N2OS. The molecule has 0 N–H and O–H groups in total. The Kier molecular flexibility index (Phi) is 4.65. The Morgan fingerprint density at radius 3 is 2.74 bits per heavy atom. The summed E-state index contributed by atoms with van der Waals surface area (Å²) in [4.78, 5) is 10.6. The molecule has 0 aliphatic heterocycles. The molecule has 2 aromatic heterocycles. The van der Waals surface area contributed by atoms with Crippen LogP contribution in [-0.2, 0) is 11.2 Å². The third kappa shape index (κ3) is 3.38. The maximum Gasteiger partial charge on any atom is 0.261 e. The Morgan fingerprint density at radius 2 is 2.05 bits per heavy atom. The van der Waals surface area contributed by atoms with Crippen molar-refractivity contribution < 1.29 is 13.5 Å². The number of hydrogen-bond donors (Lipinski definition) is 0. The lowest BCUT2D eigenvalue weighted by molar-refractivity contribution is 0.0183. The first-order valence-corrected chi connectivity index (χ1v) is 6.96. The van der Waals surface area contributed by atoms with E-state index in [-0.39, 0.29) is 6.61 Å².